The second kappa shape index (κ2) is 8.50. The maximum absolute atomic E-state index is 12.3. The van der Waals surface area contributed by atoms with Crippen LogP contribution in [0.4, 0.5) is 11.4 Å². The lowest BCUT2D eigenvalue weighted by atomic mass is 10.2. The molecule has 4 aromatic rings. The lowest BCUT2D eigenvalue weighted by Gasteiger charge is -2.07. The molecule has 0 fully saturated rings. The average molecular weight is 420 g/mol. The summed E-state index contributed by atoms with van der Waals surface area (Å²) in [5.41, 5.74) is 3.93. The molecule has 2 amide bonds. The summed E-state index contributed by atoms with van der Waals surface area (Å²) in [6.45, 7) is 4.27. The molecule has 0 radical (unpaired) electrons. The highest BCUT2D eigenvalue weighted by Crippen LogP contribution is 2.27. The topological polar surface area (TPSA) is 102 Å². The first kappa shape index (κ1) is 19.8. The molecule has 2 N–H and O–H groups in total. The molecule has 9 heteroatoms. The number of carbonyl (C=O) groups excluding carboxylic acids is 2. The number of hydrogen-bond acceptors (Lipinski definition) is 6. The number of anilines is 2. The molecule has 30 heavy (non-hydrogen) atoms. The lowest BCUT2D eigenvalue weighted by molar-refractivity contribution is -0.114. The summed E-state index contributed by atoms with van der Waals surface area (Å²) in [6, 6.07) is 14.9. The Kier molecular flexibility index (Phi) is 5.62. The zero-order valence-electron chi connectivity index (χ0n) is 16.5. The first-order chi connectivity index (χ1) is 14.5. The van der Waals surface area contributed by atoms with E-state index in [4.69, 9.17) is 0 Å². The Morgan fingerprint density at radius 3 is 2.40 bits per heavy atom. The molecule has 0 aliphatic carbocycles. The molecule has 8 nitrogen and oxygen atoms in total. The van der Waals surface area contributed by atoms with Crippen LogP contribution in [-0.4, -0.2) is 37.3 Å². The van der Waals surface area contributed by atoms with Crippen molar-refractivity contribution >= 4 is 57.0 Å². The van der Waals surface area contributed by atoms with E-state index < -0.39 is 0 Å². The third kappa shape index (κ3) is 4.11. The average Bonchev–Trinajstić information content (AvgIpc) is 3.06. The molecular formula is C21H20N6O2S. The first-order valence-electron chi connectivity index (χ1n) is 9.47. The van der Waals surface area contributed by atoms with Crippen molar-refractivity contribution in [2.24, 2.45) is 0 Å². The minimum atomic E-state index is -0.174. The van der Waals surface area contributed by atoms with Crippen LogP contribution in [0.2, 0.25) is 0 Å². The number of nitrogens with zero attached hydrogens (tertiary/aromatic N) is 4. The fourth-order valence-electron chi connectivity index (χ4n) is 3.24. The lowest BCUT2D eigenvalue weighted by Crippen LogP contribution is -2.14. The van der Waals surface area contributed by atoms with Gasteiger partial charge in [-0.25, -0.2) is 4.98 Å². The van der Waals surface area contributed by atoms with Crippen LogP contribution in [0.1, 0.15) is 13.8 Å². The van der Waals surface area contributed by atoms with E-state index >= 15 is 0 Å². The monoisotopic (exact) mass is 420 g/mol. The van der Waals surface area contributed by atoms with Crippen LogP contribution in [0.25, 0.3) is 22.1 Å². The standard InChI is InChI=1S/C21H20N6O2S/c1-3-27-17-7-5-4-6-16(17)19-20(27)24-21(26-25-19)30-12-18(29)23-15-10-8-14(9-11-15)22-13(2)28/h4-11H,3,12H2,1-2H3,(H,22,28)(H,23,29). The number of nitrogens with one attached hydrogen (secondary N) is 2. The van der Waals surface area contributed by atoms with Gasteiger partial charge in [0.15, 0.2) is 5.65 Å². The first-order valence-corrected chi connectivity index (χ1v) is 10.5. The highest BCUT2D eigenvalue weighted by Gasteiger charge is 2.14. The molecule has 2 aromatic carbocycles. The number of rotatable bonds is 6. The minimum absolute atomic E-state index is 0.143. The number of amides is 2. The molecule has 0 aliphatic rings. The highest BCUT2D eigenvalue weighted by atomic mass is 32.2. The van der Waals surface area contributed by atoms with Gasteiger partial charge in [-0.1, -0.05) is 30.0 Å². The molecule has 0 aliphatic heterocycles. The Bertz CT molecular complexity index is 1240. The van der Waals surface area contributed by atoms with Crippen molar-refractivity contribution in [3.63, 3.8) is 0 Å². The van der Waals surface area contributed by atoms with Crippen molar-refractivity contribution in [3.05, 3.63) is 48.5 Å². The van der Waals surface area contributed by atoms with Crippen molar-refractivity contribution in [1.29, 1.82) is 0 Å². The third-order valence-corrected chi connectivity index (χ3v) is 5.33. The zero-order valence-corrected chi connectivity index (χ0v) is 17.4. The Balaban J connectivity index is 1.45. The molecule has 152 valence electrons. The quantitative estimate of drug-likeness (QED) is 0.461. The minimum Gasteiger partial charge on any atom is -0.326 e. The second-order valence-corrected chi connectivity index (χ2v) is 7.57. The van der Waals surface area contributed by atoms with Gasteiger partial charge in [0.25, 0.3) is 0 Å². The van der Waals surface area contributed by atoms with Crippen LogP contribution in [0, 0.1) is 0 Å². The van der Waals surface area contributed by atoms with Crippen LogP contribution in [0.15, 0.2) is 53.7 Å². The van der Waals surface area contributed by atoms with Crippen molar-refractivity contribution in [2.45, 2.75) is 25.5 Å². The number of carbonyl (C=O) groups is 2. The molecule has 2 heterocycles. The fraction of sp³-hybridized carbons (Fsp3) is 0.190. The predicted octanol–water partition coefficient (Wildman–Crippen LogP) is 3.69. The van der Waals surface area contributed by atoms with Crippen molar-refractivity contribution in [2.75, 3.05) is 16.4 Å². The van der Waals surface area contributed by atoms with Gasteiger partial charge in [-0.15, -0.1) is 10.2 Å². The maximum Gasteiger partial charge on any atom is 0.234 e. The van der Waals surface area contributed by atoms with Gasteiger partial charge in [0, 0.05) is 30.2 Å². The molecule has 0 spiro atoms. The zero-order chi connectivity index (χ0) is 21.1. The summed E-state index contributed by atoms with van der Waals surface area (Å²) in [7, 11) is 0. The number of hydrogen-bond donors (Lipinski definition) is 2. The largest absolute Gasteiger partial charge is 0.326 e. The second-order valence-electron chi connectivity index (χ2n) is 6.62. The number of benzene rings is 2. The van der Waals surface area contributed by atoms with E-state index in [-0.39, 0.29) is 17.6 Å². The summed E-state index contributed by atoms with van der Waals surface area (Å²) in [4.78, 5) is 28.0. The summed E-state index contributed by atoms with van der Waals surface area (Å²) >= 11 is 1.24. The van der Waals surface area contributed by atoms with Crippen LogP contribution in [-0.2, 0) is 16.1 Å². The smallest absolute Gasteiger partial charge is 0.234 e. The van der Waals surface area contributed by atoms with Gasteiger partial charge < -0.3 is 15.2 Å². The highest BCUT2D eigenvalue weighted by molar-refractivity contribution is 7.99. The molecule has 2 aromatic heterocycles. The van der Waals surface area contributed by atoms with Gasteiger partial charge in [0.1, 0.15) is 5.52 Å². The molecule has 0 unspecified atom stereocenters. The van der Waals surface area contributed by atoms with E-state index in [9.17, 15) is 9.59 Å². The number of thioether (sulfide) groups is 1. The van der Waals surface area contributed by atoms with Crippen LogP contribution < -0.4 is 10.6 Å². The summed E-state index contributed by atoms with van der Waals surface area (Å²) in [6.07, 6.45) is 0. The van der Waals surface area contributed by atoms with Crippen molar-refractivity contribution < 1.29 is 9.59 Å². The SMILES string of the molecule is CCn1c2ccccc2c2nnc(SCC(=O)Nc3ccc(NC(C)=O)cc3)nc21. The van der Waals surface area contributed by atoms with Gasteiger partial charge in [-0.3, -0.25) is 9.59 Å². The maximum atomic E-state index is 12.3. The Morgan fingerprint density at radius 2 is 1.70 bits per heavy atom. The van der Waals surface area contributed by atoms with Crippen molar-refractivity contribution in [3.8, 4) is 0 Å². The summed E-state index contributed by atoms with van der Waals surface area (Å²) < 4.78 is 2.10. The van der Waals surface area contributed by atoms with E-state index in [1.165, 1.54) is 18.7 Å². The molecule has 0 atom stereocenters. The Hall–Kier alpha value is -3.46. The molecule has 0 saturated carbocycles. The predicted molar refractivity (Wildman–Crippen MR) is 119 cm³/mol. The van der Waals surface area contributed by atoms with E-state index in [1.54, 1.807) is 24.3 Å². The normalized spacial score (nSPS) is 11.0. The van der Waals surface area contributed by atoms with E-state index in [0.717, 1.165) is 28.6 Å². The third-order valence-electron chi connectivity index (χ3n) is 4.49. The van der Waals surface area contributed by atoms with Crippen LogP contribution in [0.3, 0.4) is 0 Å². The molecule has 0 saturated heterocycles. The van der Waals surface area contributed by atoms with Gasteiger partial charge in [0.05, 0.1) is 11.3 Å². The van der Waals surface area contributed by atoms with Gasteiger partial charge in [0.2, 0.25) is 17.0 Å². The van der Waals surface area contributed by atoms with E-state index in [1.807, 2.05) is 24.3 Å². The number of para-hydroxylation sites is 1. The summed E-state index contributed by atoms with van der Waals surface area (Å²) in [5, 5.41) is 15.5. The molecule has 4 rings (SSSR count). The van der Waals surface area contributed by atoms with E-state index in [2.05, 4.69) is 37.3 Å². The van der Waals surface area contributed by atoms with Crippen LogP contribution in [0.5, 0.6) is 0 Å². The van der Waals surface area contributed by atoms with E-state index in [0.29, 0.717) is 16.5 Å². The van der Waals surface area contributed by atoms with Gasteiger partial charge in [-0.2, -0.15) is 0 Å². The number of fused-ring (bicyclic) bond motifs is 3. The van der Waals surface area contributed by atoms with Crippen molar-refractivity contribution in [1.82, 2.24) is 19.7 Å². The summed E-state index contributed by atoms with van der Waals surface area (Å²) in [5.74, 6) is -0.157. The fourth-order valence-corrected chi connectivity index (χ4v) is 3.82. The Labute approximate surface area is 177 Å². The molecule has 0 bridgehead atoms. The number of aryl methyl sites for hydroxylation is 1. The number of aromatic nitrogens is 4. The van der Waals surface area contributed by atoms with Crippen LogP contribution >= 0.6 is 11.8 Å². The Morgan fingerprint density at radius 1 is 1.00 bits per heavy atom. The molecular weight excluding hydrogens is 400 g/mol. The van der Waals surface area contributed by atoms with Gasteiger partial charge in [-0.05, 0) is 37.3 Å². The van der Waals surface area contributed by atoms with Gasteiger partial charge >= 0.3 is 0 Å².